The van der Waals surface area contributed by atoms with E-state index in [2.05, 4.69) is 4.90 Å². The average Bonchev–Trinajstić information content (AvgIpc) is 3.46. The summed E-state index contributed by atoms with van der Waals surface area (Å²) in [5.74, 6) is 0.350. The number of likely N-dealkylation sites (N-methyl/N-ethyl adjacent to an activating group) is 1. The highest BCUT2D eigenvalue weighted by atomic mass is 32.2. The van der Waals surface area contributed by atoms with E-state index in [0.717, 1.165) is 31.7 Å². The lowest BCUT2D eigenvalue weighted by Crippen LogP contribution is -2.43. The molecule has 37 heavy (non-hydrogen) atoms. The molecule has 1 amide bonds. The Morgan fingerprint density at radius 1 is 1.14 bits per heavy atom. The van der Waals surface area contributed by atoms with Crippen molar-refractivity contribution in [2.75, 3.05) is 52.6 Å². The van der Waals surface area contributed by atoms with E-state index in [-0.39, 0.29) is 23.9 Å². The summed E-state index contributed by atoms with van der Waals surface area (Å²) >= 11 is 0. The van der Waals surface area contributed by atoms with Crippen LogP contribution >= 0.6 is 0 Å². The number of fused-ring (bicyclic) bond motifs is 2. The van der Waals surface area contributed by atoms with Crippen molar-refractivity contribution in [1.82, 2.24) is 14.1 Å². The minimum absolute atomic E-state index is 0.0394. The molecule has 204 valence electrons. The number of esters is 1. The number of piperidine rings is 1. The molecule has 1 aromatic rings. The van der Waals surface area contributed by atoms with Crippen molar-refractivity contribution in [1.29, 1.82) is 0 Å². The van der Waals surface area contributed by atoms with E-state index >= 15 is 0 Å². The van der Waals surface area contributed by atoms with Gasteiger partial charge in [0.2, 0.25) is 15.9 Å². The molecular weight excluding hydrogens is 494 g/mol. The van der Waals surface area contributed by atoms with E-state index in [4.69, 9.17) is 9.47 Å². The summed E-state index contributed by atoms with van der Waals surface area (Å²) in [5.41, 5.74) is 0.714. The first kappa shape index (κ1) is 26.4. The first-order valence-corrected chi connectivity index (χ1v) is 15.5. The zero-order chi connectivity index (χ0) is 26.2. The minimum Gasteiger partial charge on any atom is -0.489 e. The SMILES string of the molecule is CN(CCN1CCCCC1)C(=O)C1CCC2(CC1)OC(=O)c1cc(OC3CCN(S(C)(=O)=O)C3)ccc12. The van der Waals surface area contributed by atoms with Gasteiger partial charge in [-0.3, -0.25) is 4.79 Å². The maximum Gasteiger partial charge on any atom is 0.339 e. The molecule has 1 saturated carbocycles. The Bertz CT molecular complexity index is 1120. The molecule has 1 aromatic carbocycles. The van der Waals surface area contributed by atoms with Gasteiger partial charge in [-0.1, -0.05) is 12.5 Å². The van der Waals surface area contributed by atoms with Gasteiger partial charge >= 0.3 is 5.97 Å². The van der Waals surface area contributed by atoms with Gasteiger partial charge in [0.25, 0.3) is 0 Å². The van der Waals surface area contributed by atoms with Crippen molar-refractivity contribution in [3.05, 3.63) is 29.3 Å². The van der Waals surface area contributed by atoms with Crippen LogP contribution in [0.5, 0.6) is 5.75 Å². The third-order valence-electron chi connectivity index (χ3n) is 8.59. The molecule has 0 aromatic heterocycles. The second kappa shape index (κ2) is 10.5. The molecule has 5 rings (SSSR count). The topological polar surface area (TPSA) is 96.5 Å². The molecule has 0 radical (unpaired) electrons. The average molecular weight is 534 g/mol. The summed E-state index contributed by atoms with van der Waals surface area (Å²) in [6, 6.07) is 5.48. The number of benzene rings is 1. The predicted molar refractivity (Wildman–Crippen MR) is 139 cm³/mol. The molecule has 1 aliphatic carbocycles. The fraction of sp³-hybridized carbons (Fsp3) is 0.704. The summed E-state index contributed by atoms with van der Waals surface area (Å²) in [4.78, 5) is 30.3. The van der Waals surface area contributed by atoms with Crippen LogP contribution in [0.25, 0.3) is 0 Å². The fourth-order valence-electron chi connectivity index (χ4n) is 6.34. The van der Waals surface area contributed by atoms with Crippen molar-refractivity contribution in [2.45, 2.75) is 63.1 Å². The number of hydrogen-bond acceptors (Lipinski definition) is 7. The smallest absolute Gasteiger partial charge is 0.339 e. The van der Waals surface area contributed by atoms with Crippen LogP contribution in [0.2, 0.25) is 0 Å². The molecular formula is C27H39N3O6S. The highest BCUT2D eigenvalue weighted by Crippen LogP contribution is 2.49. The van der Waals surface area contributed by atoms with Gasteiger partial charge in [-0.25, -0.2) is 13.2 Å². The molecule has 3 heterocycles. The lowest BCUT2D eigenvalue weighted by molar-refractivity contribution is -0.137. The Balaban J connectivity index is 1.17. The van der Waals surface area contributed by atoms with Gasteiger partial charge in [-0.15, -0.1) is 0 Å². The third-order valence-corrected chi connectivity index (χ3v) is 9.86. The van der Waals surface area contributed by atoms with Crippen LogP contribution in [0.4, 0.5) is 0 Å². The Morgan fingerprint density at radius 2 is 1.86 bits per heavy atom. The number of carbonyl (C=O) groups is 2. The van der Waals surface area contributed by atoms with E-state index in [1.807, 2.05) is 24.1 Å². The van der Waals surface area contributed by atoms with Crippen LogP contribution in [0.15, 0.2) is 18.2 Å². The van der Waals surface area contributed by atoms with Crippen LogP contribution in [0.3, 0.4) is 0 Å². The number of ether oxygens (including phenoxy) is 2. The number of hydrogen-bond donors (Lipinski definition) is 0. The molecule has 1 unspecified atom stereocenters. The number of carbonyl (C=O) groups excluding carboxylic acids is 2. The molecule has 0 bridgehead atoms. The molecule has 3 aliphatic heterocycles. The molecule has 9 nitrogen and oxygen atoms in total. The van der Waals surface area contributed by atoms with Crippen molar-refractivity contribution in [3.63, 3.8) is 0 Å². The summed E-state index contributed by atoms with van der Waals surface area (Å²) in [6.07, 6.45) is 8.04. The summed E-state index contributed by atoms with van der Waals surface area (Å²) in [6.45, 7) is 4.70. The van der Waals surface area contributed by atoms with Gasteiger partial charge < -0.3 is 19.3 Å². The zero-order valence-corrected chi connectivity index (χ0v) is 22.8. The Kier molecular flexibility index (Phi) is 7.53. The monoisotopic (exact) mass is 533 g/mol. The van der Waals surface area contributed by atoms with Gasteiger partial charge in [-0.2, -0.15) is 4.31 Å². The first-order chi connectivity index (χ1) is 17.6. The van der Waals surface area contributed by atoms with Crippen LogP contribution in [0.1, 0.15) is 67.3 Å². The maximum atomic E-state index is 13.1. The second-order valence-corrected chi connectivity index (χ2v) is 13.2. The number of rotatable bonds is 7. The summed E-state index contributed by atoms with van der Waals surface area (Å²) in [7, 11) is -1.33. The largest absolute Gasteiger partial charge is 0.489 e. The molecule has 1 spiro atoms. The Morgan fingerprint density at radius 3 is 2.54 bits per heavy atom. The second-order valence-electron chi connectivity index (χ2n) is 11.2. The van der Waals surface area contributed by atoms with Gasteiger partial charge in [0.15, 0.2) is 0 Å². The number of amides is 1. The molecule has 10 heteroatoms. The summed E-state index contributed by atoms with van der Waals surface area (Å²) < 4.78 is 37.0. The van der Waals surface area contributed by atoms with Gasteiger partial charge in [0.05, 0.1) is 18.4 Å². The Labute approximate surface area is 220 Å². The van der Waals surface area contributed by atoms with Crippen molar-refractivity contribution < 1.29 is 27.5 Å². The van der Waals surface area contributed by atoms with Crippen LogP contribution < -0.4 is 4.74 Å². The molecule has 4 aliphatic rings. The summed E-state index contributed by atoms with van der Waals surface area (Å²) in [5, 5.41) is 0. The number of nitrogens with zero attached hydrogens (tertiary/aromatic N) is 3. The van der Waals surface area contributed by atoms with Crippen LogP contribution in [-0.4, -0.2) is 93.1 Å². The van der Waals surface area contributed by atoms with Crippen LogP contribution in [-0.2, 0) is 25.2 Å². The van der Waals surface area contributed by atoms with Crippen molar-refractivity contribution >= 4 is 21.9 Å². The van der Waals surface area contributed by atoms with Gasteiger partial charge in [0.1, 0.15) is 17.5 Å². The normalized spacial score (nSPS) is 28.8. The lowest BCUT2D eigenvalue weighted by Gasteiger charge is -2.37. The van der Waals surface area contributed by atoms with E-state index in [1.165, 1.54) is 29.8 Å². The lowest BCUT2D eigenvalue weighted by atomic mass is 9.74. The molecule has 3 fully saturated rings. The zero-order valence-electron chi connectivity index (χ0n) is 22.0. The third kappa shape index (κ3) is 5.66. The highest BCUT2D eigenvalue weighted by molar-refractivity contribution is 7.88. The first-order valence-electron chi connectivity index (χ1n) is 13.6. The van der Waals surface area contributed by atoms with E-state index in [0.29, 0.717) is 56.5 Å². The molecule has 0 N–H and O–H groups in total. The quantitative estimate of drug-likeness (QED) is 0.497. The fourth-order valence-corrected chi connectivity index (χ4v) is 7.21. The van der Waals surface area contributed by atoms with Crippen molar-refractivity contribution in [3.8, 4) is 5.75 Å². The standard InChI is InChI=1S/C27H39N3O6S/c1-28(16-17-29-13-4-3-5-14-29)25(31)20-8-11-27(12-9-20)24-7-6-21(18-23(24)26(32)36-27)35-22-10-15-30(19-22)37(2,33)34/h6-7,18,20,22H,3-5,8-17,19H2,1-2H3. The van der Waals surface area contributed by atoms with E-state index in [9.17, 15) is 18.0 Å². The van der Waals surface area contributed by atoms with E-state index in [1.54, 1.807) is 6.07 Å². The maximum absolute atomic E-state index is 13.1. The number of sulfonamides is 1. The Hall–Kier alpha value is -2.17. The molecule has 1 atom stereocenters. The predicted octanol–water partition coefficient (Wildman–Crippen LogP) is 2.60. The van der Waals surface area contributed by atoms with Crippen LogP contribution in [0, 0.1) is 5.92 Å². The van der Waals surface area contributed by atoms with Crippen molar-refractivity contribution in [2.24, 2.45) is 5.92 Å². The highest BCUT2D eigenvalue weighted by Gasteiger charge is 2.49. The van der Waals surface area contributed by atoms with Gasteiger partial charge in [-0.05, 0) is 70.2 Å². The van der Waals surface area contributed by atoms with E-state index < -0.39 is 15.6 Å². The molecule has 2 saturated heterocycles. The number of likely N-dealkylation sites (tertiary alicyclic amines) is 1. The van der Waals surface area contributed by atoms with Gasteiger partial charge in [0, 0.05) is 38.2 Å². The minimum atomic E-state index is -3.24.